The number of hydrogen-bond donors (Lipinski definition) is 1. The summed E-state index contributed by atoms with van der Waals surface area (Å²) in [5.74, 6) is 1.30. The summed E-state index contributed by atoms with van der Waals surface area (Å²) in [4.78, 5) is 35.2. The topological polar surface area (TPSA) is 87.9 Å². The van der Waals surface area contributed by atoms with Crippen LogP contribution in [0.15, 0.2) is 20.2 Å². The molecule has 0 aliphatic carbocycles. The fraction of sp³-hybridized carbons (Fsp3) is 0.609. The number of ether oxygens (including phenoxy) is 1. The predicted octanol–water partition coefficient (Wildman–Crippen LogP) is 4.68. The van der Waals surface area contributed by atoms with Crippen molar-refractivity contribution in [3.8, 4) is 0 Å². The number of hydrogen-bond acceptors (Lipinski definition) is 7. The van der Waals surface area contributed by atoms with Crippen molar-refractivity contribution in [2.75, 3.05) is 36.9 Å². The second-order valence-corrected chi connectivity index (χ2v) is 12.0. The summed E-state index contributed by atoms with van der Waals surface area (Å²) in [6, 6.07) is 1.75. The fourth-order valence-corrected chi connectivity index (χ4v) is 6.71. The lowest BCUT2D eigenvalue weighted by atomic mass is 10.1. The Labute approximate surface area is 216 Å². The number of thioether (sulfide) groups is 1. The maximum absolute atomic E-state index is 13.3. The first-order valence-electron chi connectivity index (χ1n) is 11.4. The van der Waals surface area contributed by atoms with E-state index in [1.165, 1.54) is 0 Å². The maximum Gasteiger partial charge on any atom is 0.410 e. The molecular weight excluding hydrogens is 544 g/mol. The monoisotopic (exact) mass is 572 g/mol. The number of rotatable bonds is 4. The first-order chi connectivity index (χ1) is 16.0. The number of carbonyl (C=O) groups is 1. The van der Waals surface area contributed by atoms with Crippen molar-refractivity contribution in [2.45, 2.75) is 63.1 Å². The van der Waals surface area contributed by atoms with Gasteiger partial charge in [-0.2, -0.15) is 4.98 Å². The summed E-state index contributed by atoms with van der Waals surface area (Å²) in [5.41, 5.74) is -0.0339. The lowest BCUT2D eigenvalue weighted by molar-refractivity contribution is 0.0218. The smallest absolute Gasteiger partial charge is 0.410 e. The molecule has 1 saturated heterocycles. The van der Waals surface area contributed by atoms with Gasteiger partial charge in [-0.25, -0.2) is 9.59 Å². The highest BCUT2D eigenvalue weighted by molar-refractivity contribution is 9.10. The minimum Gasteiger partial charge on any atom is -0.444 e. The van der Waals surface area contributed by atoms with Crippen LogP contribution in [-0.2, 0) is 4.74 Å². The molecule has 2 atom stereocenters. The van der Waals surface area contributed by atoms with E-state index in [1.807, 2.05) is 33.8 Å². The molecule has 186 valence electrons. The number of piperazine rings is 1. The van der Waals surface area contributed by atoms with Crippen molar-refractivity contribution < 1.29 is 14.6 Å². The first-order valence-corrected chi connectivity index (χ1v) is 13.6. The number of anilines is 1. The van der Waals surface area contributed by atoms with E-state index in [0.29, 0.717) is 49.1 Å². The lowest BCUT2D eigenvalue weighted by Gasteiger charge is -2.41. The largest absolute Gasteiger partial charge is 0.444 e. The van der Waals surface area contributed by atoms with Gasteiger partial charge in [0.25, 0.3) is 0 Å². The number of benzene rings is 1. The van der Waals surface area contributed by atoms with E-state index in [-0.39, 0.29) is 30.5 Å². The van der Waals surface area contributed by atoms with Crippen LogP contribution in [0.1, 0.15) is 46.6 Å². The molecule has 2 aliphatic heterocycles. The van der Waals surface area contributed by atoms with Crippen molar-refractivity contribution in [1.29, 1.82) is 0 Å². The first kappa shape index (κ1) is 25.6. The normalized spacial score (nSPS) is 20.7. The van der Waals surface area contributed by atoms with Crippen LogP contribution < -0.4 is 10.6 Å². The maximum atomic E-state index is 13.3. The average molecular weight is 574 g/mol. The molecule has 8 nitrogen and oxygen atoms in total. The van der Waals surface area contributed by atoms with Gasteiger partial charge in [-0.3, -0.25) is 4.57 Å². The second kappa shape index (κ2) is 9.87. The molecule has 0 spiro atoms. The number of nitrogens with zero attached hydrogens (tertiary/aromatic N) is 4. The van der Waals surface area contributed by atoms with E-state index < -0.39 is 5.60 Å². The van der Waals surface area contributed by atoms with Gasteiger partial charge in [-0.05, 0) is 62.5 Å². The number of aromatic nitrogens is 2. The molecule has 1 aromatic carbocycles. The number of aliphatic hydroxyl groups is 1. The van der Waals surface area contributed by atoms with Crippen molar-refractivity contribution in [2.24, 2.45) is 0 Å². The van der Waals surface area contributed by atoms with Gasteiger partial charge in [-0.1, -0.05) is 11.6 Å². The van der Waals surface area contributed by atoms with E-state index in [1.54, 1.807) is 21.2 Å². The molecule has 0 radical (unpaired) electrons. The Morgan fingerprint density at radius 2 is 2.12 bits per heavy atom. The van der Waals surface area contributed by atoms with Gasteiger partial charge >= 0.3 is 11.8 Å². The molecule has 2 aromatic rings. The van der Waals surface area contributed by atoms with Gasteiger partial charge in [0.05, 0.1) is 15.0 Å². The highest BCUT2D eigenvalue weighted by Gasteiger charge is 2.34. The highest BCUT2D eigenvalue weighted by Crippen LogP contribution is 2.46. The highest BCUT2D eigenvalue weighted by atomic mass is 79.9. The number of halogens is 2. The molecule has 0 bridgehead atoms. The van der Waals surface area contributed by atoms with Gasteiger partial charge in [0.15, 0.2) is 0 Å². The van der Waals surface area contributed by atoms with Crippen LogP contribution in [0.2, 0.25) is 5.02 Å². The van der Waals surface area contributed by atoms with Crippen molar-refractivity contribution in [3.63, 3.8) is 0 Å². The molecule has 11 heteroatoms. The molecular formula is C23H30BrClN4O4S. The molecule has 1 fully saturated rings. The van der Waals surface area contributed by atoms with Crippen LogP contribution in [0.5, 0.6) is 0 Å². The number of aliphatic hydroxyl groups excluding tert-OH is 1. The van der Waals surface area contributed by atoms with Gasteiger partial charge in [0, 0.05) is 54.4 Å². The Bertz CT molecular complexity index is 1170. The third kappa shape index (κ3) is 4.92. The summed E-state index contributed by atoms with van der Waals surface area (Å²) in [6.45, 7) is 9.11. The van der Waals surface area contributed by atoms with E-state index in [4.69, 9.17) is 16.3 Å². The van der Waals surface area contributed by atoms with Crippen molar-refractivity contribution in [1.82, 2.24) is 14.5 Å². The molecule has 1 unspecified atom stereocenters. The lowest BCUT2D eigenvalue weighted by Crippen LogP contribution is -2.55. The summed E-state index contributed by atoms with van der Waals surface area (Å²) in [6.07, 6.45) is 0.984. The zero-order chi connectivity index (χ0) is 24.8. The standard InChI is InChI=1S/C23H30BrClN4O4S/c1-13-11-27(22(32)33-23(2,3)4)7-8-28(13)20-15-10-16(25)17(24)19-18(15)29(21(31)26-20)14(12-34-19)6-5-9-30/h10,13-14,30H,5-9,11-12H2,1-4H3/t13?,14-/m1/s1. The van der Waals surface area contributed by atoms with Crippen LogP contribution in [0, 0.1) is 0 Å². The minimum atomic E-state index is -0.557. The SMILES string of the molecule is CC1CN(C(=O)OC(C)(C)C)CCN1c1nc(=O)n2c3c(c(Br)c(Cl)cc13)SC[C@H]2CCCO. The van der Waals surface area contributed by atoms with Crippen LogP contribution in [0.4, 0.5) is 10.6 Å². The number of amides is 1. The van der Waals surface area contributed by atoms with Crippen LogP contribution in [0.25, 0.3) is 10.9 Å². The minimum absolute atomic E-state index is 0.0456. The third-order valence-corrected chi connectivity index (χ3v) is 8.92. The molecule has 1 N–H and O–H groups in total. The Morgan fingerprint density at radius 1 is 1.38 bits per heavy atom. The zero-order valence-corrected chi connectivity index (χ0v) is 23.0. The Morgan fingerprint density at radius 3 is 2.76 bits per heavy atom. The molecule has 34 heavy (non-hydrogen) atoms. The van der Waals surface area contributed by atoms with Gasteiger partial charge in [0.2, 0.25) is 0 Å². The summed E-state index contributed by atoms with van der Waals surface area (Å²) in [7, 11) is 0. The quantitative estimate of drug-likeness (QED) is 0.568. The van der Waals surface area contributed by atoms with Gasteiger partial charge in [-0.15, -0.1) is 11.8 Å². The Balaban J connectivity index is 1.74. The van der Waals surface area contributed by atoms with E-state index in [2.05, 4.69) is 25.8 Å². The summed E-state index contributed by atoms with van der Waals surface area (Å²) >= 11 is 11.9. The Kier molecular flexibility index (Phi) is 7.43. The molecule has 4 rings (SSSR count). The molecule has 1 amide bonds. The van der Waals surface area contributed by atoms with Gasteiger partial charge < -0.3 is 19.6 Å². The third-order valence-electron chi connectivity index (χ3n) is 6.07. The van der Waals surface area contributed by atoms with Crippen LogP contribution >= 0.6 is 39.3 Å². The Hall–Kier alpha value is -1.49. The van der Waals surface area contributed by atoms with Crippen LogP contribution in [-0.4, -0.2) is 69.3 Å². The molecule has 1 aromatic heterocycles. The van der Waals surface area contributed by atoms with E-state index in [0.717, 1.165) is 20.3 Å². The van der Waals surface area contributed by atoms with Crippen molar-refractivity contribution in [3.05, 3.63) is 26.0 Å². The van der Waals surface area contributed by atoms with E-state index >= 15 is 0 Å². The fourth-order valence-electron chi connectivity index (χ4n) is 4.55. The van der Waals surface area contributed by atoms with Crippen molar-refractivity contribution >= 4 is 62.1 Å². The van der Waals surface area contributed by atoms with Gasteiger partial charge in [0.1, 0.15) is 11.4 Å². The molecule has 3 heterocycles. The molecule has 0 saturated carbocycles. The predicted molar refractivity (Wildman–Crippen MR) is 139 cm³/mol. The summed E-state index contributed by atoms with van der Waals surface area (Å²) < 4.78 is 8.08. The molecule has 2 aliphatic rings. The van der Waals surface area contributed by atoms with E-state index in [9.17, 15) is 14.7 Å². The average Bonchev–Trinajstić information content (AvgIpc) is 2.76. The number of carbonyl (C=O) groups excluding carboxylic acids is 1. The van der Waals surface area contributed by atoms with Crippen LogP contribution in [0.3, 0.4) is 0 Å². The zero-order valence-electron chi connectivity index (χ0n) is 19.8. The summed E-state index contributed by atoms with van der Waals surface area (Å²) in [5, 5.41) is 10.7. The second-order valence-electron chi connectivity index (χ2n) is 9.79.